The van der Waals surface area contributed by atoms with Crippen molar-refractivity contribution in [3.8, 4) is 0 Å². The molecule has 0 unspecified atom stereocenters. The molecule has 0 radical (unpaired) electrons. The van der Waals surface area contributed by atoms with Gasteiger partial charge in [0.2, 0.25) is 0 Å². The molecule has 0 saturated carbocycles. The van der Waals surface area contributed by atoms with Gasteiger partial charge in [0, 0.05) is 6.20 Å². The number of hydrogen-bond acceptors (Lipinski definition) is 4. The molecule has 1 aromatic heterocycles. The molecule has 1 atom stereocenters. The zero-order chi connectivity index (χ0) is 11.3. The first kappa shape index (κ1) is 11.9. The van der Waals surface area contributed by atoms with Crippen molar-refractivity contribution in [2.24, 2.45) is 5.73 Å². The quantitative estimate of drug-likeness (QED) is 0.621. The van der Waals surface area contributed by atoms with Crippen molar-refractivity contribution in [2.75, 3.05) is 6.61 Å². The highest BCUT2D eigenvalue weighted by Gasteiger charge is 2.14. The number of hydrogen-bond donors (Lipinski definition) is 1. The Labute approximate surface area is 93.4 Å². The van der Waals surface area contributed by atoms with Crippen molar-refractivity contribution in [3.63, 3.8) is 0 Å². The average Bonchev–Trinajstić information content (AvgIpc) is 2.22. The lowest BCUT2D eigenvalue weighted by atomic mass is 10.1. The van der Waals surface area contributed by atoms with Gasteiger partial charge in [0.15, 0.2) is 0 Å². The van der Waals surface area contributed by atoms with Crippen molar-refractivity contribution >= 4 is 17.6 Å². The maximum absolute atomic E-state index is 11.2. The van der Waals surface area contributed by atoms with Gasteiger partial charge in [-0.25, -0.2) is 4.98 Å². The van der Waals surface area contributed by atoms with Gasteiger partial charge in [-0.3, -0.25) is 4.79 Å². The monoisotopic (exact) mass is 228 g/mol. The SMILES string of the molecule is CCOC(=O)[C@@H](N)Cc1ccc(Cl)nc1. The van der Waals surface area contributed by atoms with Crippen molar-refractivity contribution < 1.29 is 9.53 Å². The molecule has 1 aromatic rings. The van der Waals surface area contributed by atoms with Crippen molar-refractivity contribution in [1.82, 2.24) is 4.98 Å². The summed E-state index contributed by atoms with van der Waals surface area (Å²) in [5.74, 6) is -0.396. The molecule has 82 valence electrons. The number of halogens is 1. The number of carbonyl (C=O) groups excluding carboxylic acids is 1. The second kappa shape index (κ2) is 5.68. The molecule has 0 bridgehead atoms. The lowest BCUT2D eigenvalue weighted by molar-refractivity contribution is -0.144. The van der Waals surface area contributed by atoms with Crippen LogP contribution in [0.5, 0.6) is 0 Å². The maximum atomic E-state index is 11.2. The van der Waals surface area contributed by atoms with Gasteiger partial charge in [-0.1, -0.05) is 17.7 Å². The molecule has 0 saturated heterocycles. The third-order valence-electron chi connectivity index (χ3n) is 1.83. The summed E-state index contributed by atoms with van der Waals surface area (Å²) in [6.45, 7) is 2.08. The van der Waals surface area contributed by atoms with Crippen LogP contribution < -0.4 is 5.73 Å². The van der Waals surface area contributed by atoms with Crippen LogP contribution in [-0.2, 0) is 16.0 Å². The third-order valence-corrected chi connectivity index (χ3v) is 2.06. The van der Waals surface area contributed by atoms with Crippen LogP contribution in [0.3, 0.4) is 0 Å². The van der Waals surface area contributed by atoms with Gasteiger partial charge in [-0.15, -0.1) is 0 Å². The summed E-state index contributed by atoms with van der Waals surface area (Å²) in [4.78, 5) is 15.1. The first-order valence-electron chi connectivity index (χ1n) is 4.66. The first-order valence-corrected chi connectivity index (χ1v) is 5.04. The molecular weight excluding hydrogens is 216 g/mol. The molecular formula is C10H13ClN2O2. The molecule has 1 rings (SSSR count). The molecule has 0 aliphatic heterocycles. The highest BCUT2D eigenvalue weighted by Crippen LogP contribution is 2.07. The van der Waals surface area contributed by atoms with E-state index in [0.717, 1.165) is 5.56 Å². The van der Waals surface area contributed by atoms with Gasteiger partial charge in [0.25, 0.3) is 0 Å². The zero-order valence-corrected chi connectivity index (χ0v) is 9.20. The molecule has 0 aliphatic carbocycles. The van der Waals surface area contributed by atoms with E-state index in [4.69, 9.17) is 22.1 Å². The minimum Gasteiger partial charge on any atom is -0.465 e. The van der Waals surface area contributed by atoms with Gasteiger partial charge in [-0.05, 0) is 25.0 Å². The van der Waals surface area contributed by atoms with Crippen LogP contribution in [0, 0.1) is 0 Å². The summed E-state index contributed by atoms with van der Waals surface area (Å²) in [6, 6.07) is 2.80. The van der Waals surface area contributed by atoms with Gasteiger partial charge in [-0.2, -0.15) is 0 Å². The van der Waals surface area contributed by atoms with Crippen LogP contribution in [0.1, 0.15) is 12.5 Å². The molecule has 0 spiro atoms. The van der Waals surface area contributed by atoms with Crippen molar-refractivity contribution in [1.29, 1.82) is 0 Å². The Hall–Kier alpha value is -1.13. The normalized spacial score (nSPS) is 12.2. The molecule has 15 heavy (non-hydrogen) atoms. The largest absolute Gasteiger partial charge is 0.465 e. The summed E-state index contributed by atoms with van der Waals surface area (Å²) in [7, 11) is 0. The number of nitrogens with two attached hydrogens (primary N) is 1. The molecule has 1 heterocycles. The molecule has 4 nitrogen and oxygen atoms in total. The van der Waals surface area contributed by atoms with E-state index in [0.29, 0.717) is 18.2 Å². The van der Waals surface area contributed by atoms with Crippen LogP contribution in [0.25, 0.3) is 0 Å². The van der Waals surface area contributed by atoms with Crippen LogP contribution >= 0.6 is 11.6 Å². The molecule has 5 heteroatoms. The second-order valence-electron chi connectivity index (χ2n) is 3.05. The number of carbonyl (C=O) groups is 1. The van der Waals surface area contributed by atoms with E-state index in [9.17, 15) is 4.79 Å². The van der Waals surface area contributed by atoms with Crippen LogP contribution in [0.4, 0.5) is 0 Å². The standard InChI is InChI=1S/C10H13ClN2O2/c1-2-15-10(14)8(12)5-7-3-4-9(11)13-6-7/h3-4,6,8H,2,5,12H2,1H3/t8-/m0/s1. The van der Waals surface area contributed by atoms with Crippen LogP contribution in [0.15, 0.2) is 18.3 Å². The fourth-order valence-corrected chi connectivity index (χ4v) is 1.23. The van der Waals surface area contributed by atoms with Crippen molar-refractivity contribution in [2.45, 2.75) is 19.4 Å². The first-order chi connectivity index (χ1) is 7.13. The number of ether oxygens (including phenoxy) is 1. The number of pyridine rings is 1. The van der Waals surface area contributed by atoms with Crippen molar-refractivity contribution in [3.05, 3.63) is 29.0 Å². The lowest BCUT2D eigenvalue weighted by Gasteiger charge is -2.09. The van der Waals surface area contributed by atoms with E-state index >= 15 is 0 Å². The highest BCUT2D eigenvalue weighted by molar-refractivity contribution is 6.29. The predicted molar refractivity (Wildman–Crippen MR) is 57.6 cm³/mol. The Balaban J connectivity index is 2.54. The molecule has 0 fully saturated rings. The highest BCUT2D eigenvalue weighted by atomic mass is 35.5. The lowest BCUT2D eigenvalue weighted by Crippen LogP contribution is -2.34. The maximum Gasteiger partial charge on any atom is 0.323 e. The van der Waals surface area contributed by atoms with Crippen LogP contribution in [0.2, 0.25) is 5.15 Å². The predicted octanol–water partition coefficient (Wildman–Crippen LogP) is 1.17. The smallest absolute Gasteiger partial charge is 0.323 e. The number of rotatable bonds is 4. The molecule has 0 aliphatic rings. The zero-order valence-electron chi connectivity index (χ0n) is 8.44. The van der Waals surface area contributed by atoms with E-state index in [1.54, 1.807) is 25.3 Å². The average molecular weight is 229 g/mol. The van der Waals surface area contributed by atoms with E-state index in [2.05, 4.69) is 4.98 Å². The summed E-state index contributed by atoms with van der Waals surface area (Å²) in [5.41, 5.74) is 6.50. The number of esters is 1. The molecule has 0 aromatic carbocycles. The second-order valence-corrected chi connectivity index (χ2v) is 3.44. The topological polar surface area (TPSA) is 65.2 Å². The van der Waals surface area contributed by atoms with Gasteiger partial charge in [0.1, 0.15) is 11.2 Å². The van der Waals surface area contributed by atoms with E-state index < -0.39 is 12.0 Å². The summed E-state index contributed by atoms with van der Waals surface area (Å²) < 4.78 is 4.79. The summed E-state index contributed by atoms with van der Waals surface area (Å²) in [6.07, 6.45) is 2.00. The number of nitrogens with zero attached hydrogens (tertiary/aromatic N) is 1. The van der Waals surface area contributed by atoms with Gasteiger partial charge >= 0.3 is 5.97 Å². The fourth-order valence-electron chi connectivity index (χ4n) is 1.11. The van der Waals surface area contributed by atoms with Gasteiger partial charge in [0.05, 0.1) is 6.61 Å². The Morgan fingerprint density at radius 3 is 2.93 bits per heavy atom. The number of aromatic nitrogens is 1. The minimum atomic E-state index is -0.645. The Morgan fingerprint density at radius 2 is 2.40 bits per heavy atom. The molecule has 2 N–H and O–H groups in total. The molecule has 0 amide bonds. The van der Waals surface area contributed by atoms with Crippen LogP contribution in [-0.4, -0.2) is 23.6 Å². The van der Waals surface area contributed by atoms with E-state index in [1.165, 1.54) is 0 Å². The summed E-state index contributed by atoms with van der Waals surface area (Å²) in [5, 5.41) is 0.420. The fraction of sp³-hybridized carbons (Fsp3) is 0.400. The Bertz CT molecular complexity index is 327. The van der Waals surface area contributed by atoms with Gasteiger partial charge < -0.3 is 10.5 Å². The minimum absolute atomic E-state index is 0.339. The van der Waals surface area contributed by atoms with E-state index in [-0.39, 0.29) is 0 Å². The Morgan fingerprint density at radius 1 is 1.67 bits per heavy atom. The third kappa shape index (κ3) is 3.85. The summed E-state index contributed by atoms with van der Waals surface area (Å²) >= 11 is 5.63. The van der Waals surface area contributed by atoms with E-state index in [1.807, 2.05) is 0 Å². The Kier molecular flexibility index (Phi) is 4.52.